The summed E-state index contributed by atoms with van der Waals surface area (Å²) >= 11 is 7.42. The van der Waals surface area contributed by atoms with Gasteiger partial charge in [0.2, 0.25) is 0 Å². The molecule has 0 radical (unpaired) electrons. The standard InChI is InChI=1S/C11H14ClN3S/c12-11-10(13-16-14-11)9-7-1-6-2-8(9)5-15(3-6)4-7/h6-9H,1-5H2. The first-order valence-corrected chi connectivity index (χ1v) is 7.12. The van der Waals surface area contributed by atoms with E-state index in [2.05, 4.69) is 13.6 Å². The maximum atomic E-state index is 6.16. The fourth-order valence-corrected chi connectivity index (χ4v) is 5.05. The van der Waals surface area contributed by atoms with E-state index in [0.717, 1.165) is 23.4 Å². The van der Waals surface area contributed by atoms with Crippen molar-refractivity contribution in [1.82, 2.24) is 13.6 Å². The van der Waals surface area contributed by atoms with Crippen LogP contribution in [-0.4, -0.2) is 33.3 Å². The Kier molecular flexibility index (Phi) is 2.08. The Bertz CT molecular complexity index is 391. The molecule has 16 heavy (non-hydrogen) atoms. The molecule has 3 aliphatic heterocycles. The normalized spacial score (nSPS) is 45.2. The van der Waals surface area contributed by atoms with Gasteiger partial charge in [0.15, 0.2) is 5.15 Å². The van der Waals surface area contributed by atoms with E-state index in [4.69, 9.17) is 11.6 Å². The van der Waals surface area contributed by atoms with Crippen LogP contribution < -0.4 is 0 Å². The zero-order chi connectivity index (χ0) is 10.7. The van der Waals surface area contributed by atoms with Crippen molar-refractivity contribution >= 4 is 23.3 Å². The molecule has 0 spiro atoms. The van der Waals surface area contributed by atoms with Gasteiger partial charge >= 0.3 is 0 Å². The van der Waals surface area contributed by atoms with Gasteiger partial charge in [0, 0.05) is 25.6 Å². The summed E-state index contributed by atoms with van der Waals surface area (Å²) < 4.78 is 8.57. The second-order valence-corrected chi connectivity index (χ2v) is 6.43. The summed E-state index contributed by atoms with van der Waals surface area (Å²) in [6.45, 7) is 3.85. The van der Waals surface area contributed by atoms with Gasteiger partial charge < -0.3 is 4.90 Å². The predicted molar refractivity (Wildman–Crippen MR) is 63.8 cm³/mol. The van der Waals surface area contributed by atoms with Crippen LogP contribution in [0, 0.1) is 17.8 Å². The number of piperidine rings is 3. The molecular formula is C11H14ClN3S. The van der Waals surface area contributed by atoms with Gasteiger partial charge in [-0.25, -0.2) is 0 Å². The van der Waals surface area contributed by atoms with Crippen LogP contribution in [0.15, 0.2) is 0 Å². The molecule has 4 heterocycles. The lowest BCUT2D eigenvalue weighted by molar-refractivity contribution is -0.0366. The van der Waals surface area contributed by atoms with Crippen molar-refractivity contribution in [2.75, 3.05) is 19.6 Å². The molecule has 0 N–H and O–H groups in total. The number of hydrogen-bond donors (Lipinski definition) is 0. The van der Waals surface area contributed by atoms with Gasteiger partial charge in [-0.05, 0) is 30.6 Å². The molecule has 1 aromatic heterocycles. The Hall–Kier alpha value is -0.190. The van der Waals surface area contributed by atoms with Crippen LogP contribution in [0.4, 0.5) is 0 Å². The van der Waals surface area contributed by atoms with E-state index in [0.29, 0.717) is 11.1 Å². The lowest BCUT2D eigenvalue weighted by Crippen LogP contribution is -2.56. The molecule has 4 fully saturated rings. The van der Waals surface area contributed by atoms with Crippen LogP contribution in [0.25, 0.3) is 0 Å². The van der Waals surface area contributed by atoms with Crippen molar-refractivity contribution in [3.05, 3.63) is 10.8 Å². The van der Waals surface area contributed by atoms with Crippen LogP contribution in [0.2, 0.25) is 5.15 Å². The zero-order valence-electron chi connectivity index (χ0n) is 8.97. The quantitative estimate of drug-likeness (QED) is 0.771. The molecule has 4 bridgehead atoms. The third kappa shape index (κ3) is 1.30. The van der Waals surface area contributed by atoms with Gasteiger partial charge in [0.1, 0.15) is 0 Å². The van der Waals surface area contributed by atoms with Crippen molar-refractivity contribution in [3.63, 3.8) is 0 Å². The third-order valence-electron chi connectivity index (χ3n) is 4.58. The predicted octanol–water partition coefficient (Wildman–Crippen LogP) is 2.25. The molecule has 5 rings (SSSR count). The van der Waals surface area contributed by atoms with Crippen LogP contribution >= 0.6 is 23.3 Å². The first kappa shape index (κ1) is 9.80. The fraction of sp³-hybridized carbons (Fsp3) is 0.818. The Morgan fingerprint density at radius 2 is 1.88 bits per heavy atom. The van der Waals surface area contributed by atoms with E-state index in [1.54, 1.807) is 0 Å². The summed E-state index contributed by atoms with van der Waals surface area (Å²) in [6.07, 6.45) is 2.76. The minimum atomic E-state index is 0.596. The SMILES string of the molecule is Clc1nsnc1C1C2CC3CC1CN(C3)C2. The highest BCUT2D eigenvalue weighted by atomic mass is 35.5. The molecule has 3 saturated heterocycles. The molecule has 0 aromatic carbocycles. The molecular weight excluding hydrogens is 242 g/mol. The molecule has 1 saturated carbocycles. The molecule has 3 nitrogen and oxygen atoms in total. The van der Waals surface area contributed by atoms with Crippen LogP contribution in [-0.2, 0) is 0 Å². The highest BCUT2D eigenvalue weighted by molar-refractivity contribution is 6.99. The first-order chi connectivity index (χ1) is 7.81. The second-order valence-electron chi connectivity index (χ2n) is 5.54. The van der Waals surface area contributed by atoms with E-state index in [9.17, 15) is 0 Å². The minimum absolute atomic E-state index is 0.596. The Morgan fingerprint density at radius 3 is 2.44 bits per heavy atom. The monoisotopic (exact) mass is 255 g/mol. The summed E-state index contributed by atoms with van der Waals surface area (Å²) in [4.78, 5) is 2.64. The Balaban J connectivity index is 1.72. The van der Waals surface area contributed by atoms with Crippen molar-refractivity contribution in [2.24, 2.45) is 17.8 Å². The van der Waals surface area contributed by atoms with Gasteiger partial charge in [0.25, 0.3) is 0 Å². The van der Waals surface area contributed by atoms with Gasteiger partial charge in [-0.2, -0.15) is 8.75 Å². The van der Waals surface area contributed by atoms with E-state index < -0.39 is 0 Å². The van der Waals surface area contributed by atoms with Crippen LogP contribution in [0.3, 0.4) is 0 Å². The Labute approximate surface area is 104 Å². The highest BCUT2D eigenvalue weighted by Crippen LogP contribution is 2.52. The fourth-order valence-electron chi connectivity index (χ4n) is 4.24. The summed E-state index contributed by atoms with van der Waals surface area (Å²) in [5.41, 5.74) is 1.10. The second kappa shape index (κ2) is 3.40. The smallest absolute Gasteiger partial charge is 0.166 e. The van der Waals surface area contributed by atoms with Crippen molar-refractivity contribution in [3.8, 4) is 0 Å². The lowest BCUT2D eigenvalue weighted by atomic mass is 9.61. The maximum absolute atomic E-state index is 6.16. The largest absolute Gasteiger partial charge is 0.302 e. The van der Waals surface area contributed by atoms with Gasteiger partial charge in [-0.3, -0.25) is 0 Å². The first-order valence-electron chi connectivity index (χ1n) is 6.01. The number of rotatable bonds is 1. The summed E-state index contributed by atoms with van der Waals surface area (Å²) in [6, 6.07) is 0. The highest BCUT2D eigenvalue weighted by Gasteiger charge is 2.49. The van der Waals surface area contributed by atoms with Crippen molar-refractivity contribution < 1.29 is 0 Å². The Morgan fingerprint density at radius 1 is 1.12 bits per heavy atom. The summed E-state index contributed by atoms with van der Waals surface area (Å²) in [7, 11) is 0. The van der Waals surface area contributed by atoms with E-state index >= 15 is 0 Å². The third-order valence-corrected chi connectivity index (χ3v) is 5.50. The van der Waals surface area contributed by atoms with E-state index in [-0.39, 0.29) is 0 Å². The average molecular weight is 256 g/mol. The topological polar surface area (TPSA) is 29.0 Å². The molecule has 0 amide bonds. The number of nitrogens with zero attached hydrogens (tertiary/aromatic N) is 3. The van der Waals surface area contributed by atoms with Crippen LogP contribution in [0.5, 0.6) is 0 Å². The molecule has 2 atom stereocenters. The number of halogens is 1. The molecule has 86 valence electrons. The molecule has 2 unspecified atom stereocenters. The summed E-state index contributed by atoms with van der Waals surface area (Å²) in [5.74, 6) is 3.11. The maximum Gasteiger partial charge on any atom is 0.166 e. The van der Waals surface area contributed by atoms with E-state index in [1.807, 2.05) is 0 Å². The zero-order valence-corrected chi connectivity index (χ0v) is 10.5. The van der Waals surface area contributed by atoms with Gasteiger partial charge in [0.05, 0.1) is 17.4 Å². The van der Waals surface area contributed by atoms with Gasteiger partial charge in [-0.1, -0.05) is 11.6 Å². The van der Waals surface area contributed by atoms with Crippen LogP contribution in [0.1, 0.15) is 24.5 Å². The van der Waals surface area contributed by atoms with E-state index in [1.165, 1.54) is 44.2 Å². The number of hydrogen-bond acceptors (Lipinski definition) is 4. The molecule has 5 heteroatoms. The van der Waals surface area contributed by atoms with Crippen molar-refractivity contribution in [1.29, 1.82) is 0 Å². The number of aromatic nitrogens is 2. The lowest BCUT2D eigenvalue weighted by Gasteiger charge is -2.55. The van der Waals surface area contributed by atoms with Gasteiger partial charge in [-0.15, -0.1) is 0 Å². The minimum Gasteiger partial charge on any atom is -0.302 e. The van der Waals surface area contributed by atoms with Crippen molar-refractivity contribution in [2.45, 2.75) is 18.8 Å². The molecule has 1 aromatic rings. The average Bonchev–Trinajstić information content (AvgIpc) is 2.63. The summed E-state index contributed by atoms with van der Waals surface area (Å²) in [5, 5.41) is 0.664. The molecule has 1 aliphatic carbocycles. The molecule has 4 aliphatic rings.